The van der Waals surface area contributed by atoms with Gasteiger partial charge in [0.15, 0.2) is 5.13 Å². The second kappa shape index (κ2) is 9.97. The molecule has 2 heterocycles. The summed E-state index contributed by atoms with van der Waals surface area (Å²) in [5, 5.41) is 3.54. The van der Waals surface area contributed by atoms with Crippen LogP contribution in [0.5, 0.6) is 5.75 Å². The highest BCUT2D eigenvalue weighted by Gasteiger charge is 2.29. The van der Waals surface area contributed by atoms with Crippen LogP contribution in [-0.4, -0.2) is 50.5 Å². The number of thiazole rings is 1. The molecule has 0 spiro atoms. The molecule has 32 heavy (non-hydrogen) atoms. The number of anilines is 1. The molecular weight excluding hydrogens is 489 g/mol. The monoisotopic (exact) mass is 511 g/mol. The lowest BCUT2D eigenvalue weighted by atomic mass is 10.1. The van der Waals surface area contributed by atoms with Crippen molar-refractivity contribution in [1.29, 1.82) is 0 Å². The van der Waals surface area contributed by atoms with Gasteiger partial charge in [-0.05, 0) is 42.8 Å². The van der Waals surface area contributed by atoms with E-state index in [0.29, 0.717) is 37.8 Å². The number of aromatic nitrogens is 1. The fraction of sp³-hybridized carbons (Fsp3) is 0.318. The van der Waals surface area contributed by atoms with Crippen LogP contribution in [0.3, 0.4) is 0 Å². The Morgan fingerprint density at radius 3 is 2.41 bits per heavy atom. The maximum absolute atomic E-state index is 12.9. The Morgan fingerprint density at radius 1 is 1.03 bits per heavy atom. The fourth-order valence-electron chi connectivity index (χ4n) is 3.51. The lowest BCUT2D eigenvalue weighted by Crippen LogP contribution is -2.48. The lowest BCUT2D eigenvalue weighted by molar-refractivity contribution is 0.340. The number of nitrogens with zero attached hydrogens (tertiary/aromatic N) is 3. The van der Waals surface area contributed by atoms with E-state index in [4.69, 9.17) is 32.9 Å². The van der Waals surface area contributed by atoms with Crippen molar-refractivity contribution in [3.05, 3.63) is 69.1 Å². The van der Waals surface area contributed by atoms with Crippen LogP contribution < -0.4 is 9.64 Å². The lowest BCUT2D eigenvalue weighted by Gasteiger charge is -2.33. The Morgan fingerprint density at radius 2 is 1.75 bits per heavy atom. The maximum atomic E-state index is 12.9. The predicted octanol–water partition coefficient (Wildman–Crippen LogP) is 4.95. The molecule has 0 aliphatic carbocycles. The molecule has 0 atom stereocenters. The van der Waals surface area contributed by atoms with Crippen molar-refractivity contribution < 1.29 is 13.2 Å². The smallest absolute Gasteiger partial charge is 0.243 e. The summed E-state index contributed by atoms with van der Waals surface area (Å²) in [6.45, 7) is 4.55. The van der Waals surface area contributed by atoms with Crippen LogP contribution in [0.15, 0.2) is 52.7 Å². The first-order chi connectivity index (χ1) is 15.4. The van der Waals surface area contributed by atoms with Crippen molar-refractivity contribution in [2.24, 2.45) is 0 Å². The van der Waals surface area contributed by atoms with E-state index in [-0.39, 0.29) is 9.92 Å². The molecule has 0 radical (unpaired) electrons. The van der Waals surface area contributed by atoms with Gasteiger partial charge in [-0.1, -0.05) is 35.3 Å². The fourth-order valence-corrected chi connectivity index (χ4v) is 6.20. The van der Waals surface area contributed by atoms with Gasteiger partial charge < -0.3 is 9.64 Å². The molecular formula is C22H23Cl2N3O3S2. The summed E-state index contributed by atoms with van der Waals surface area (Å²) >= 11 is 13.5. The van der Waals surface area contributed by atoms with Crippen molar-refractivity contribution in [2.75, 3.05) is 37.7 Å². The average Bonchev–Trinajstić information content (AvgIpc) is 3.26. The van der Waals surface area contributed by atoms with Crippen LogP contribution >= 0.6 is 34.5 Å². The molecule has 10 heteroatoms. The molecule has 1 aliphatic rings. The van der Waals surface area contributed by atoms with Crippen LogP contribution in [0.25, 0.3) is 0 Å². The number of sulfonamides is 1. The third-order valence-electron chi connectivity index (χ3n) is 5.20. The molecule has 170 valence electrons. The Hall–Kier alpha value is -1.84. The van der Waals surface area contributed by atoms with Gasteiger partial charge in [0.05, 0.1) is 27.2 Å². The van der Waals surface area contributed by atoms with Gasteiger partial charge in [-0.25, -0.2) is 13.4 Å². The quantitative estimate of drug-likeness (QED) is 0.448. The summed E-state index contributed by atoms with van der Waals surface area (Å²) in [6.07, 6.45) is 0.745. The SMILES string of the molecule is CCOc1ccc(Cc2csc(N3CCN(S(=O)(=O)c4ccc(Cl)c(Cl)c4)CC3)n2)cc1. The normalized spacial score (nSPS) is 15.2. The van der Waals surface area contributed by atoms with Crippen molar-refractivity contribution in [3.8, 4) is 5.75 Å². The molecule has 6 nitrogen and oxygen atoms in total. The highest BCUT2D eigenvalue weighted by Crippen LogP contribution is 2.28. The van der Waals surface area contributed by atoms with Gasteiger partial charge >= 0.3 is 0 Å². The van der Waals surface area contributed by atoms with E-state index in [2.05, 4.69) is 22.4 Å². The summed E-state index contributed by atoms with van der Waals surface area (Å²) < 4.78 is 32.9. The molecule has 2 aromatic carbocycles. The number of hydrogen-bond donors (Lipinski definition) is 0. The Bertz CT molecular complexity index is 1180. The zero-order valence-corrected chi connectivity index (χ0v) is 20.6. The summed E-state index contributed by atoms with van der Waals surface area (Å²) in [4.78, 5) is 7.06. The average molecular weight is 512 g/mol. The summed E-state index contributed by atoms with van der Waals surface area (Å²) in [6, 6.07) is 12.4. The van der Waals surface area contributed by atoms with Gasteiger partial charge in [0, 0.05) is 38.0 Å². The molecule has 0 unspecified atom stereocenters. The molecule has 4 rings (SSSR count). The summed E-state index contributed by atoms with van der Waals surface area (Å²) in [7, 11) is -3.61. The third-order valence-corrected chi connectivity index (χ3v) is 8.78. The molecule has 1 aliphatic heterocycles. The van der Waals surface area contributed by atoms with Crippen molar-refractivity contribution in [1.82, 2.24) is 9.29 Å². The van der Waals surface area contributed by atoms with E-state index in [1.165, 1.54) is 28.1 Å². The van der Waals surface area contributed by atoms with Crippen molar-refractivity contribution in [2.45, 2.75) is 18.2 Å². The molecule has 0 amide bonds. The second-order valence-electron chi connectivity index (χ2n) is 7.34. The molecule has 1 saturated heterocycles. The van der Waals surface area contributed by atoms with E-state index < -0.39 is 10.0 Å². The van der Waals surface area contributed by atoms with Gasteiger partial charge in [-0.3, -0.25) is 0 Å². The molecule has 0 N–H and O–H groups in total. The van der Waals surface area contributed by atoms with Crippen LogP contribution in [0.1, 0.15) is 18.2 Å². The third kappa shape index (κ3) is 5.21. The van der Waals surface area contributed by atoms with E-state index >= 15 is 0 Å². The number of ether oxygens (including phenoxy) is 1. The molecule has 1 fully saturated rings. The zero-order chi connectivity index (χ0) is 22.7. The number of halogens is 2. The Balaban J connectivity index is 1.37. The van der Waals surface area contributed by atoms with E-state index in [1.54, 1.807) is 11.3 Å². The van der Waals surface area contributed by atoms with E-state index in [1.807, 2.05) is 19.1 Å². The summed E-state index contributed by atoms with van der Waals surface area (Å²) in [5.41, 5.74) is 2.17. The van der Waals surface area contributed by atoms with Gasteiger partial charge in [0.25, 0.3) is 0 Å². The van der Waals surface area contributed by atoms with Gasteiger partial charge in [-0.15, -0.1) is 11.3 Å². The number of hydrogen-bond acceptors (Lipinski definition) is 6. The van der Waals surface area contributed by atoms with E-state index in [0.717, 1.165) is 23.0 Å². The number of piperazine rings is 1. The Kier molecular flexibility index (Phi) is 7.27. The van der Waals surface area contributed by atoms with Crippen LogP contribution in [0.2, 0.25) is 10.0 Å². The number of benzene rings is 2. The summed E-state index contributed by atoms with van der Waals surface area (Å²) in [5.74, 6) is 0.865. The molecule has 0 saturated carbocycles. The molecule has 0 bridgehead atoms. The number of rotatable bonds is 7. The Labute approximate surface area is 202 Å². The van der Waals surface area contributed by atoms with Crippen molar-refractivity contribution in [3.63, 3.8) is 0 Å². The minimum absolute atomic E-state index is 0.159. The van der Waals surface area contributed by atoms with Crippen LogP contribution in [0.4, 0.5) is 5.13 Å². The topological polar surface area (TPSA) is 62.7 Å². The second-order valence-corrected chi connectivity index (χ2v) is 10.9. The van der Waals surface area contributed by atoms with Crippen LogP contribution in [0, 0.1) is 0 Å². The van der Waals surface area contributed by atoms with Crippen molar-refractivity contribution >= 4 is 49.7 Å². The largest absolute Gasteiger partial charge is 0.494 e. The highest BCUT2D eigenvalue weighted by molar-refractivity contribution is 7.89. The first-order valence-electron chi connectivity index (χ1n) is 10.2. The zero-order valence-electron chi connectivity index (χ0n) is 17.5. The molecule has 3 aromatic rings. The first kappa shape index (κ1) is 23.3. The minimum Gasteiger partial charge on any atom is -0.494 e. The highest BCUT2D eigenvalue weighted by atomic mass is 35.5. The first-order valence-corrected chi connectivity index (χ1v) is 13.3. The maximum Gasteiger partial charge on any atom is 0.243 e. The standard InChI is InChI=1S/C22H23Cl2N3O3S2/c1-2-30-18-5-3-16(4-6-18)13-17-15-31-22(25-17)26-9-11-27(12-10-26)32(28,29)19-7-8-20(23)21(24)14-19/h3-8,14-15H,2,9-13H2,1H3. The van der Waals surface area contributed by atoms with Gasteiger partial charge in [-0.2, -0.15) is 4.31 Å². The minimum atomic E-state index is -3.61. The predicted molar refractivity (Wildman–Crippen MR) is 130 cm³/mol. The van der Waals surface area contributed by atoms with Gasteiger partial charge in [0.1, 0.15) is 5.75 Å². The van der Waals surface area contributed by atoms with Crippen LogP contribution in [-0.2, 0) is 16.4 Å². The molecule has 1 aromatic heterocycles. The van der Waals surface area contributed by atoms with Gasteiger partial charge in [0.2, 0.25) is 10.0 Å². The van der Waals surface area contributed by atoms with E-state index in [9.17, 15) is 8.42 Å².